The molecule has 1 saturated carbocycles. The minimum Gasteiger partial charge on any atom is -0.543 e. The van der Waals surface area contributed by atoms with Crippen LogP contribution in [0, 0.1) is 0 Å². The lowest BCUT2D eigenvalue weighted by Crippen LogP contribution is -2.43. The highest BCUT2D eigenvalue weighted by Gasteiger charge is 2.47. The summed E-state index contributed by atoms with van der Waals surface area (Å²) < 4.78 is 5.59. The number of benzene rings is 3. The zero-order valence-electron chi connectivity index (χ0n) is 24.4. The zero-order valence-corrected chi connectivity index (χ0v) is 25.2. The van der Waals surface area contributed by atoms with Gasteiger partial charge in [0.25, 0.3) is 0 Å². The maximum absolute atomic E-state index is 13.1. The van der Waals surface area contributed by atoms with Gasteiger partial charge in [-0.3, -0.25) is 0 Å². The Labute approximate surface area is 255 Å². The quantitative estimate of drug-likeness (QED) is 0.109. The Morgan fingerprint density at radius 3 is 1.79 bits per heavy atom. The minimum atomic E-state index is -1.56. The van der Waals surface area contributed by atoms with Crippen LogP contribution in [0.15, 0.2) is 102 Å². The molecule has 0 bridgehead atoms. The zero-order chi connectivity index (χ0) is 30.5. The number of carboxylic acids is 1. The van der Waals surface area contributed by atoms with E-state index in [1.54, 1.807) is 26.2 Å². The van der Waals surface area contributed by atoms with Crippen molar-refractivity contribution in [3.63, 3.8) is 0 Å². The topological polar surface area (TPSA) is 113 Å². The van der Waals surface area contributed by atoms with Crippen LogP contribution in [0.25, 0.3) is 0 Å². The molecule has 1 N–H and O–H groups in total. The van der Waals surface area contributed by atoms with Crippen LogP contribution in [0.4, 0.5) is 5.13 Å². The van der Waals surface area contributed by atoms with Crippen LogP contribution in [0.2, 0.25) is 0 Å². The summed E-state index contributed by atoms with van der Waals surface area (Å²) in [4.78, 5) is 35.7. The number of nitrogens with one attached hydrogen (secondary N) is 1. The molecule has 0 spiro atoms. The molecule has 5 rings (SSSR count). The fourth-order valence-corrected chi connectivity index (χ4v) is 6.10. The van der Waals surface area contributed by atoms with Gasteiger partial charge in [0, 0.05) is 18.2 Å². The van der Waals surface area contributed by atoms with Gasteiger partial charge in [-0.15, -0.1) is 11.3 Å². The molecule has 0 aliphatic heterocycles. The highest BCUT2D eigenvalue weighted by Crippen LogP contribution is 2.41. The Balaban J connectivity index is 1.53. The molecule has 222 valence electrons. The van der Waals surface area contributed by atoms with Gasteiger partial charge in [-0.1, -0.05) is 96.2 Å². The molecule has 1 aromatic heterocycles. The van der Waals surface area contributed by atoms with Gasteiger partial charge in [-0.05, 0) is 50.3 Å². The number of aromatic nitrogens is 1. The van der Waals surface area contributed by atoms with E-state index in [4.69, 9.17) is 9.57 Å². The first kappa shape index (κ1) is 30.0. The molecular formula is C34H34N3O5S-. The minimum absolute atomic E-state index is 0.0629. The molecule has 1 heterocycles. The first-order valence-corrected chi connectivity index (χ1v) is 15.1. The molecule has 1 fully saturated rings. The number of anilines is 1. The summed E-state index contributed by atoms with van der Waals surface area (Å²) in [7, 11) is 0. The number of rotatable bonds is 10. The van der Waals surface area contributed by atoms with Gasteiger partial charge in [-0.25, -0.2) is 9.78 Å². The molecule has 1 aliphatic rings. The third-order valence-corrected chi connectivity index (χ3v) is 8.11. The monoisotopic (exact) mass is 596 g/mol. The van der Waals surface area contributed by atoms with Gasteiger partial charge in [0.1, 0.15) is 16.8 Å². The molecule has 0 atom stereocenters. The van der Waals surface area contributed by atoms with Gasteiger partial charge in [0.2, 0.25) is 5.60 Å². The molecule has 4 aromatic rings. The number of hydrogen-bond donors (Lipinski definition) is 1. The number of esters is 1. The van der Waals surface area contributed by atoms with E-state index in [2.05, 4.69) is 15.5 Å². The van der Waals surface area contributed by atoms with E-state index >= 15 is 0 Å². The van der Waals surface area contributed by atoms with Crippen molar-refractivity contribution in [3.05, 3.63) is 119 Å². The number of oxime groups is 1. The van der Waals surface area contributed by atoms with E-state index in [-0.39, 0.29) is 5.69 Å². The standard InChI is InChI=1S/C34H35N3O5S/c1-32(2,3)41-30(40)33(21-13-14-22-33)42-37-28(29(38)39)27-23-43-31(35-27)36-34(24-15-7-4-8-16-24,25-17-9-5-10-18-25)26-19-11-6-12-20-26/h4-12,15-20,23H,13-14,21-22H2,1-3H3,(H,35,36)(H,38,39)/p-1/b37-28-. The maximum atomic E-state index is 13.1. The van der Waals surface area contributed by atoms with Crippen molar-refractivity contribution in [2.45, 2.75) is 63.2 Å². The average Bonchev–Trinajstić information content (AvgIpc) is 3.67. The lowest BCUT2D eigenvalue weighted by atomic mass is 9.77. The summed E-state index contributed by atoms with van der Waals surface area (Å²) in [6, 6.07) is 30.0. The van der Waals surface area contributed by atoms with Crippen molar-refractivity contribution >= 4 is 34.1 Å². The summed E-state index contributed by atoms with van der Waals surface area (Å²) in [5.74, 6) is -2.12. The lowest BCUT2D eigenvalue weighted by molar-refractivity contribution is -0.294. The van der Waals surface area contributed by atoms with Crippen LogP contribution in [0.1, 0.15) is 68.8 Å². The van der Waals surface area contributed by atoms with Crippen molar-refractivity contribution in [1.29, 1.82) is 0 Å². The number of aliphatic carboxylic acids is 1. The summed E-state index contributed by atoms with van der Waals surface area (Å²) >= 11 is 1.24. The Hall–Kier alpha value is -4.50. The number of carbonyl (C=O) groups excluding carboxylic acids is 2. The van der Waals surface area contributed by atoms with Gasteiger partial charge < -0.3 is 24.8 Å². The molecule has 0 saturated heterocycles. The molecule has 0 amide bonds. The summed E-state index contributed by atoms with van der Waals surface area (Å²) in [5.41, 5.74) is -0.440. The SMILES string of the molecule is CC(C)(C)OC(=O)C1(O/N=C(\C(=O)[O-])c2csc(NC(c3ccccc3)(c3ccccc3)c3ccccc3)n2)CCCC1. The van der Waals surface area contributed by atoms with Crippen LogP contribution in [-0.2, 0) is 24.7 Å². The highest BCUT2D eigenvalue weighted by molar-refractivity contribution is 7.14. The van der Waals surface area contributed by atoms with E-state index in [0.717, 1.165) is 29.5 Å². The highest BCUT2D eigenvalue weighted by atomic mass is 32.1. The maximum Gasteiger partial charge on any atom is 0.353 e. The van der Waals surface area contributed by atoms with Crippen LogP contribution in [0.5, 0.6) is 0 Å². The number of ether oxygens (including phenoxy) is 1. The molecule has 0 radical (unpaired) electrons. The fraction of sp³-hybridized carbons (Fsp3) is 0.294. The Morgan fingerprint density at radius 2 is 1.35 bits per heavy atom. The molecule has 8 nitrogen and oxygen atoms in total. The predicted molar refractivity (Wildman–Crippen MR) is 165 cm³/mol. The first-order valence-electron chi connectivity index (χ1n) is 14.2. The second-order valence-electron chi connectivity index (χ2n) is 11.5. The van der Waals surface area contributed by atoms with Crippen LogP contribution >= 0.6 is 11.3 Å². The molecule has 3 aromatic carbocycles. The molecule has 0 unspecified atom stereocenters. The van der Waals surface area contributed by atoms with Crippen LogP contribution in [0.3, 0.4) is 0 Å². The Kier molecular flexibility index (Phi) is 8.64. The fourth-order valence-electron chi connectivity index (χ4n) is 5.35. The normalized spacial score (nSPS) is 15.1. The summed E-state index contributed by atoms with van der Waals surface area (Å²) in [6.07, 6.45) is 2.23. The van der Waals surface area contributed by atoms with Crippen LogP contribution in [-0.4, -0.2) is 33.8 Å². The smallest absolute Gasteiger partial charge is 0.353 e. The molecule has 43 heavy (non-hydrogen) atoms. The van der Waals surface area contributed by atoms with E-state index in [0.29, 0.717) is 18.0 Å². The first-order chi connectivity index (χ1) is 20.6. The van der Waals surface area contributed by atoms with E-state index < -0.39 is 34.4 Å². The van der Waals surface area contributed by atoms with E-state index in [1.807, 2.05) is 91.0 Å². The summed E-state index contributed by atoms with van der Waals surface area (Å²) in [5, 5.41) is 21.9. The van der Waals surface area contributed by atoms with Crippen molar-refractivity contribution < 1.29 is 24.3 Å². The Morgan fingerprint density at radius 1 is 0.860 bits per heavy atom. The molecule has 1 aliphatic carbocycles. The number of carbonyl (C=O) groups is 2. The van der Waals surface area contributed by atoms with Gasteiger partial charge in [0.05, 0.1) is 5.97 Å². The van der Waals surface area contributed by atoms with Gasteiger partial charge in [0.15, 0.2) is 10.8 Å². The van der Waals surface area contributed by atoms with Crippen LogP contribution < -0.4 is 10.4 Å². The Bertz CT molecular complexity index is 1480. The summed E-state index contributed by atoms with van der Waals surface area (Å²) in [6.45, 7) is 5.31. The number of thiazole rings is 1. The second-order valence-corrected chi connectivity index (χ2v) is 12.4. The second kappa shape index (κ2) is 12.4. The lowest BCUT2D eigenvalue weighted by Gasteiger charge is -2.36. The van der Waals surface area contributed by atoms with Crippen molar-refractivity contribution in [2.24, 2.45) is 5.16 Å². The van der Waals surface area contributed by atoms with Crippen molar-refractivity contribution in [2.75, 3.05) is 5.32 Å². The number of carboxylic acid groups (broad SMARTS) is 1. The largest absolute Gasteiger partial charge is 0.543 e. The average molecular weight is 597 g/mol. The van der Waals surface area contributed by atoms with Crippen molar-refractivity contribution in [1.82, 2.24) is 4.98 Å². The third-order valence-electron chi connectivity index (χ3n) is 7.35. The van der Waals surface area contributed by atoms with E-state index in [9.17, 15) is 14.7 Å². The number of nitrogens with zero attached hydrogens (tertiary/aromatic N) is 2. The third kappa shape index (κ3) is 6.46. The van der Waals surface area contributed by atoms with Crippen molar-refractivity contribution in [3.8, 4) is 0 Å². The molecular weight excluding hydrogens is 562 g/mol. The van der Waals surface area contributed by atoms with Gasteiger partial charge in [-0.2, -0.15) is 0 Å². The molecule has 9 heteroatoms. The predicted octanol–water partition coefficient (Wildman–Crippen LogP) is 5.67. The van der Waals surface area contributed by atoms with E-state index in [1.165, 1.54) is 11.3 Å². The number of hydrogen-bond acceptors (Lipinski definition) is 9. The van der Waals surface area contributed by atoms with Gasteiger partial charge >= 0.3 is 5.97 Å².